The fourth-order valence-electron chi connectivity index (χ4n) is 4.12. The highest BCUT2D eigenvalue weighted by molar-refractivity contribution is 5.77. The van der Waals surface area contributed by atoms with Gasteiger partial charge in [0.25, 0.3) is 0 Å². The number of amides is 1. The van der Waals surface area contributed by atoms with Crippen LogP contribution in [0.5, 0.6) is 0 Å². The van der Waals surface area contributed by atoms with E-state index in [2.05, 4.69) is 9.88 Å². The highest BCUT2D eigenvalue weighted by Gasteiger charge is 2.41. The summed E-state index contributed by atoms with van der Waals surface area (Å²) in [5, 5.41) is 0. The van der Waals surface area contributed by atoms with Gasteiger partial charge in [-0.15, -0.1) is 0 Å². The molecular formula is C19H27N3O3. The van der Waals surface area contributed by atoms with Gasteiger partial charge in [0.05, 0.1) is 13.2 Å². The molecule has 6 heteroatoms. The van der Waals surface area contributed by atoms with Crippen LogP contribution in [0.3, 0.4) is 0 Å². The first kappa shape index (κ1) is 17.9. The second-order valence-electron chi connectivity index (χ2n) is 7.22. The lowest BCUT2D eigenvalue weighted by atomic mass is 9.73. The Morgan fingerprint density at radius 3 is 2.84 bits per heavy atom. The van der Waals surface area contributed by atoms with E-state index in [1.54, 1.807) is 12.4 Å². The summed E-state index contributed by atoms with van der Waals surface area (Å²) < 4.78 is 5.09. The normalized spacial score (nSPS) is 24.5. The minimum Gasteiger partial charge on any atom is -0.465 e. The van der Waals surface area contributed by atoms with Gasteiger partial charge in [0.15, 0.2) is 0 Å². The summed E-state index contributed by atoms with van der Waals surface area (Å²) in [6, 6.07) is 3.92. The van der Waals surface area contributed by atoms with Crippen molar-refractivity contribution in [2.45, 2.75) is 39.2 Å². The Hall–Kier alpha value is -1.95. The van der Waals surface area contributed by atoms with Crippen molar-refractivity contribution >= 4 is 11.9 Å². The van der Waals surface area contributed by atoms with Crippen molar-refractivity contribution in [1.29, 1.82) is 0 Å². The van der Waals surface area contributed by atoms with Gasteiger partial charge in [0.2, 0.25) is 5.91 Å². The standard InChI is InChI=1S/C19H27N3O3/c1-2-25-18(24)13-21-11-3-7-19(14-21)8-4-17(23)22(15-19)12-16-5-9-20-10-6-16/h5-6,9-10H,2-4,7-8,11-15H2,1H3/t19-/m1/s1. The molecule has 25 heavy (non-hydrogen) atoms. The number of ether oxygens (including phenoxy) is 1. The lowest BCUT2D eigenvalue weighted by Gasteiger charge is -2.48. The molecule has 1 amide bonds. The molecular weight excluding hydrogens is 318 g/mol. The Bertz CT molecular complexity index is 607. The average molecular weight is 345 g/mol. The van der Waals surface area contributed by atoms with E-state index in [0.717, 1.165) is 44.5 Å². The molecule has 0 saturated carbocycles. The van der Waals surface area contributed by atoms with Crippen LogP contribution in [0.25, 0.3) is 0 Å². The molecule has 0 aliphatic carbocycles. The van der Waals surface area contributed by atoms with Crippen LogP contribution in [0.15, 0.2) is 24.5 Å². The third-order valence-electron chi connectivity index (χ3n) is 5.27. The van der Waals surface area contributed by atoms with E-state index < -0.39 is 0 Å². The molecule has 0 N–H and O–H groups in total. The first-order chi connectivity index (χ1) is 12.1. The van der Waals surface area contributed by atoms with Gasteiger partial charge in [-0.25, -0.2) is 0 Å². The van der Waals surface area contributed by atoms with Gasteiger partial charge in [-0.2, -0.15) is 0 Å². The Labute approximate surface area is 149 Å². The lowest BCUT2D eigenvalue weighted by molar-refractivity contribution is -0.147. The van der Waals surface area contributed by atoms with E-state index in [4.69, 9.17) is 4.74 Å². The number of hydrogen-bond acceptors (Lipinski definition) is 5. The predicted octanol–water partition coefficient (Wildman–Crippen LogP) is 1.85. The number of likely N-dealkylation sites (tertiary alicyclic amines) is 2. The molecule has 0 radical (unpaired) electrons. The van der Waals surface area contributed by atoms with Crippen molar-refractivity contribution in [1.82, 2.24) is 14.8 Å². The van der Waals surface area contributed by atoms with Crippen molar-refractivity contribution in [2.24, 2.45) is 5.41 Å². The molecule has 2 aliphatic rings. The topological polar surface area (TPSA) is 62.7 Å². The van der Waals surface area contributed by atoms with Crippen LogP contribution in [0.4, 0.5) is 0 Å². The van der Waals surface area contributed by atoms with E-state index in [-0.39, 0.29) is 17.3 Å². The smallest absolute Gasteiger partial charge is 0.320 e. The lowest BCUT2D eigenvalue weighted by Crippen LogP contribution is -2.54. The van der Waals surface area contributed by atoms with Gasteiger partial charge in [-0.3, -0.25) is 19.5 Å². The average Bonchev–Trinajstić information content (AvgIpc) is 2.60. The van der Waals surface area contributed by atoms with E-state index in [9.17, 15) is 9.59 Å². The first-order valence-corrected chi connectivity index (χ1v) is 9.15. The molecule has 3 rings (SSSR count). The van der Waals surface area contributed by atoms with Crippen LogP contribution >= 0.6 is 0 Å². The number of hydrogen-bond donors (Lipinski definition) is 0. The zero-order chi connectivity index (χ0) is 17.7. The maximum atomic E-state index is 12.4. The number of piperidine rings is 2. The van der Waals surface area contributed by atoms with Crippen molar-refractivity contribution in [3.05, 3.63) is 30.1 Å². The van der Waals surface area contributed by atoms with Gasteiger partial charge in [-0.1, -0.05) is 0 Å². The van der Waals surface area contributed by atoms with Gasteiger partial charge in [0.1, 0.15) is 0 Å². The van der Waals surface area contributed by atoms with Crippen molar-refractivity contribution in [3.63, 3.8) is 0 Å². The van der Waals surface area contributed by atoms with Crippen LogP contribution in [0.2, 0.25) is 0 Å². The summed E-state index contributed by atoms with van der Waals surface area (Å²) in [6.07, 6.45) is 7.22. The molecule has 2 saturated heterocycles. The zero-order valence-corrected chi connectivity index (χ0v) is 14.9. The molecule has 1 spiro atoms. The zero-order valence-electron chi connectivity index (χ0n) is 14.9. The summed E-state index contributed by atoms with van der Waals surface area (Å²) in [5.74, 6) is 0.0741. The fraction of sp³-hybridized carbons (Fsp3) is 0.632. The van der Waals surface area contributed by atoms with Gasteiger partial charge >= 0.3 is 5.97 Å². The summed E-state index contributed by atoms with van der Waals surface area (Å²) >= 11 is 0. The molecule has 6 nitrogen and oxygen atoms in total. The molecule has 3 heterocycles. The van der Waals surface area contributed by atoms with Crippen molar-refractivity contribution in [2.75, 3.05) is 32.8 Å². The van der Waals surface area contributed by atoms with E-state index in [0.29, 0.717) is 26.1 Å². The van der Waals surface area contributed by atoms with Crippen molar-refractivity contribution in [3.8, 4) is 0 Å². The number of pyridine rings is 1. The van der Waals surface area contributed by atoms with Gasteiger partial charge in [0, 0.05) is 43.9 Å². The van der Waals surface area contributed by atoms with Crippen LogP contribution in [0, 0.1) is 5.41 Å². The Balaban J connectivity index is 1.64. The van der Waals surface area contributed by atoms with Crippen LogP contribution in [-0.4, -0.2) is 59.4 Å². The Kier molecular flexibility index (Phi) is 5.68. The second kappa shape index (κ2) is 7.95. The van der Waals surface area contributed by atoms with Gasteiger partial charge in [-0.05, 0) is 50.4 Å². The third kappa shape index (κ3) is 4.57. The fourth-order valence-corrected chi connectivity index (χ4v) is 4.12. The predicted molar refractivity (Wildman–Crippen MR) is 93.6 cm³/mol. The third-order valence-corrected chi connectivity index (χ3v) is 5.27. The highest BCUT2D eigenvalue weighted by atomic mass is 16.5. The molecule has 1 aromatic heterocycles. The number of aromatic nitrogens is 1. The summed E-state index contributed by atoms with van der Waals surface area (Å²) in [5.41, 5.74) is 1.21. The number of rotatable bonds is 5. The quantitative estimate of drug-likeness (QED) is 0.762. The van der Waals surface area contributed by atoms with Crippen LogP contribution in [0.1, 0.15) is 38.2 Å². The summed E-state index contributed by atoms with van der Waals surface area (Å²) in [7, 11) is 0. The summed E-state index contributed by atoms with van der Waals surface area (Å²) in [4.78, 5) is 32.4. The minimum absolute atomic E-state index is 0.103. The van der Waals surface area contributed by atoms with Gasteiger partial charge < -0.3 is 9.64 Å². The molecule has 1 atom stereocenters. The van der Waals surface area contributed by atoms with Crippen molar-refractivity contribution < 1.29 is 14.3 Å². The molecule has 0 bridgehead atoms. The number of esters is 1. The van der Waals surface area contributed by atoms with E-state index in [1.807, 2.05) is 24.0 Å². The molecule has 1 aromatic rings. The molecule has 136 valence electrons. The Morgan fingerprint density at radius 2 is 2.08 bits per heavy atom. The SMILES string of the molecule is CCOC(=O)CN1CCC[C@@]2(CCC(=O)N(Cc3ccncc3)C2)C1. The van der Waals surface area contributed by atoms with E-state index in [1.165, 1.54) is 0 Å². The molecule has 2 fully saturated rings. The van der Waals surface area contributed by atoms with E-state index >= 15 is 0 Å². The first-order valence-electron chi connectivity index (χ1n) is 9.15. The highest BCUT2D eigenvalue weighted by Crippen LogP contribution is 2.39. The minimum atomic E-state index is -0.153. The maximum absolute atomic E-state index is 12.4. The maximum Gasteiger partial charge on any atom is 0.320 e. The number of nitrogens with zero attached hydrogens (tertiary/aromatic N) is 3. The molecule has 0 unspecified atom stereocenters. The molecule has 0 aromatic carbocycles. The summed E-state index contributed by atoms with van der Waals surface area (Å²) in [6.45, 7) is 5.82. The largest absolute Gasteiger partial charge is 0.465 e. The number of carbonyl (C=O) groups excluding carboxylic acids is 2. The van der Waals surface area contributed by atoms with Crippen LogP contribution in [-0.2, 0) is 20.9 Å². The number of carbonyl (C=O) groups is 2. The molecule has 2 aliphatic heterocycles. The Morgan fingerprint density at radius 1 is 1.28 bits per heavy atom. The monoisotopic (exact) mass is 345 g/mol. The van der Waals surface area contributed by atoms with Crippen LogP contribution < -0.4 is 0 Å². The second-order valence-corrected chi connectivity index (χ2v) is 7.22.